The molecule has 0 radical (unpaired) electrons. The summed E-state index contributed by atoms with van der Waals surface area (Å²) < 4.78 is 44.6. The molecular weight excluding hydrogens is 483 g/mol. The van der Waals surface area contributed by atoms with Gasteiger partial charge < -0.3 is 14.5 Å². The van der Waals surface area contributed by atoms with Gasteiger partial charge in [-0.25, -0.2) is 0 Å². The fourth-order valence-corrected chi connectivity index (χ4v) is 7.27. The molecule has 6 nitrogen and oxygen atoms in total. The van der Waals surface area contributed by atoms with E-state index < -0.39 is 17.2 Å². The third-order valence-electron chi connectivity index (χ3n) is 9.75. The highest BCUT2D eigenvalue weighted by atomic mass is 19.4. The van der Waals surface area contributed by atoms with Gasteiger partial charge in [0.2, 0.25) is 5.91 Å². The Labute approximate surface area is 216 Å². The van der Waals surface area contributed by atoms with Crippen LogP contribution in [-0.4, -0.2) is 59.4 Å². The Kier molecular flexibility index (Phi) is 7.05. The monoisotopic (exact) mass is 521 g/mol. The maximum absolute atomic E-state index is 14.0. The number of pyridine rings is 1. The lowest BCUT2D eigenvalue weighted by atomic mass is 9.73. The molecule has 1 aromatic rings. The van der Waals surface area contributed by atoms with Gasteiger partial charge in [-0.3, -0.25) is 14.6 Å². The maximum Gasteiger partial charge on any atom is 0.417 e. The fraction of sp³-hybridized carbons (Fsp3) is 0.750. The number of carbonyl (C=O) groups excluding carboxylic acids is 2. The number of carbonyl (C=O) groups is 2. The zero-order valence-electron chi connectivity index (χ0n) is 22.0. The summed E-state index contributed by atoms with van der Waals surface area (Å²) in [6.07, 6.45) is 2.62. The normalized spacial score (nSPS) is 30.9. The molecule has 2 aliphatic carbocycles. The lowest BCUT2D eigenvalue weighted by Crippen LogP contribution is -2.49. The van der Waals surface area contributed by atoms with Crippen LogP contribution in [0.15, 0.2) is 12.3 Å². The summed E-state index contributed by atoms with van der Waals surface area (Å²) in [5, 5.41) is 0. The van der Waals surface area contributed by atoms with Gasteiger partial charge in [0.15, 0.2) is 0 Å². The van der Waals surface area contributed by atoms with E-state index in [-0.39, 0.29) is 30.3 Å². The molecule has 3 heterocycles. The number of methoxy groups -OCH3 is 1. The summed E-state index contributed by atoms with van der Waals surface area (Å²) in [4.78, 5) is 34.2. The van der Waals surface area contributed by atoms with Crippen molar-refractivity contribution in [2.45, 2.75) is 77.6 Å². The lowest BCUT2D eigenvalue weighted by molar-refractivity contribution is -0.146. The van der Waals surface area contributed by atoms with Crippen LogP contribution in [0.2, 0.25) is 0 Å². The summed E-state index contributed by atoms with van der Waals surface area (Å²) in [5.74, 6) is 1.27. The number of halogens is 3. The minimum atomic E-state index is -4.45. The van der Waals surface area contributed by atoms with Gasteiger partial charge >= 0.3 is 12.1 Å². The number of alkyl halides is 3. The molecule has 1 aromatic heterocycles. The number of esters is 1. The molecule has 4 atom stereocenters. The zero-order chi connectivity index (χ0) is 26.5. The molecule has 9 heteroatoms. The second-order valence-corrected chi connectivity index (χ2v) is 11.9. The van der Waals surface area contributed by atoms with Gasteiger partial charge in [0, 0.05) is 37.4 Å². The van der Waals surface area contributed by atoms with Crippen LogP contribution in [0.1, 0.15) is 69.2 Å². The first kappa shape index (κ1) is 26.4. The van der Waals surface area contributed by atoms with Gasteiger partial charge in [-0.15, -0.1) is 0 Å². The van der Waals surface area contributed by atoms with E-state index in [9.17, 15) is 22.8 Å². The van der Waals surface area contributed by atoms with Crippen LogP contribution in [0.3, 0.4) is 0 Å². The second kappa shape index (κ2) is 9.86. The van der Waals surface area contributed by atoms with Crippen molar-refractivity contribution in [1.82, 2.24) is 14.8 Å². The van der Waals surface area contributed by atoms with Crippen LogP contribution in [0.4, 0.5) is 13.2 Å². The van der Waals surface area contributed by atoms with E-state index >= 15 is 0 Å². The SMILES string of the molecule is COC(=O)C1CC1C1CCN(C2CC[C@@](C(=O)N3CCc4ncc(C(F)(F)F)cc4C3)(C(C)C)C2)CC1. The number of rotatable bonds is 5. The minimum Gasteiger partial charge on any atom is -0.469 e. The molecule has 0 spiro atoms. The highest BCUT2D eigenvalue weighted by Crippen LogP contribution is 2.51. The average molecular weight is 522 g/mol. The smallest absolute Gasteiger partial charge is 0.417 e. The molecule has 3 fully saturated rings. The van der Waals surface area contributed by atoms with Crippen molar-refractivity contribution in [3.63, 3.8) is 0 Å². The maximum atomic E-state index is 14.0. The lowest BCUT2D eigenvalue weighted by Gasteiger charge is -2.41. The molecule has 1 saturated heterocycles. The fourth-order valence-electron chi connectivity index (χ4n) is 7.27. The summed E-state index contributed by atoms with van der Waals surface area (Å²) in [7, 11) is 1.46. The highest BCUT2D eigenvalue weighted by molar-refractivity contribution is 5.84. The first-order valence-electron chi connectivity index (χ1n) is 13.7. The summed E-state index contributed by atoms with van der Waals surface area (Å²) in [5.41, 5.74) is -0.0728. The van der Waals surface area contributed by atoms with Gasteiger partial charge in [-0.2, -0.15) is 13.2 Å². The summed E-state index contributed by atoms with van der Waals surface area (Å²) in [6, 6.07) is 1.51. The van der Waals surface area contributed by atoms with Gasteiger partial charge in [0.25, 0.3) is 0 Å². The van der Waals surface area contributed by atoms with Crippen LogP contribution in [0.25, 0.3) is 0 Å². The largest absolute Gasteiger partial charge is 0.469 e. The minimum absolute atomic E-state index is 0.0748. The van der Waals surface area contributed by atoms with E-state index in [0.29, 0.717) is 42.1 Å². The molecule has 0 bridgehead atoms. The Morgan fingerprint density at radius 3 is 2.54 bits per heavy atom. The number of hydrogen-bond acceptors (Lipinski definition) is 5. The molecule has 0 aromatic carbocycles. The predicted octanol–water partition coefficient (Wildman–Crippen LogP) is 4.70. The number of nitrogens with zero attached hydrogens (tertiary/aromatic N) is 3. The average Bonchev–Trinajstić information content (AvgIpc) is 3.56. The third-order valence-corrected chi connectivity index (χ3v) is 9.75. The molecule has 204 valence electrons. The Bertz CT molecular complexity index is 1040. The van der Waals surface area contributed by atoms with Crippen molar-refractivity contribution < 1.29 is 27.5 Å². The third kappa shape index (κ3) is 5.00. The summed E-state index contributed by atoms with van der Waals surface area (Å²) >= 11 is 0. The Morgan fingerprint density at radius 1 is 1.16 bits per heavy atom. The predicted molar refractivity (Wildman–Crippen MR) is 131 cm³/mol. The molecule has 4 aliphatic rings. The van der Waals surface area contributed by atoms with Crippen molar-refractivity contribution >= 4 is 11.9 Å². The molecule has 3 unspecified atom stereocenters. The number of fused-ring (bicyclic) bond motifs is 1. The van der Waals surface area contributed by atoms with Crippen molar-refractivity contribution in [3.05, 3.63) is 29.1 Å². The zero-order valence-corrected chi connectivity index (χ0v) is 22.0. The van der Waals surface area contributed by atoms with Crippen LogP contribution in [-0.2, 0) is 33.5 Å². The number of aromatic nitrogens is 1. The molecule has 2 saturated carbocycles. The first-order chi connectivity index (χ1) is 17.5. The molecule has 2 aliphatic heterocycles. The number of piperidine rings is 1. The number of amides is 1. The van der Waals surface area contributed by atoms with E-state index in [1.807, 2.05) is 0 Å². The van der Waals surface area contributed by atoms with Gasteiger partial charge in [-0.05, 0) is 81.0 Å². The van der Waals surface area contributed by atoms with Gasteiger partial charge in [0.05, 0.1) is 24.0 Å². The van der Waals surface area contributed by atoms with E-state index in [4.69, 9.17) is 4.74 Å². The molecule has 1 amide bonds. The van der Waals surface area contributed by atoms with E-state index in [0.717, 1.165) is 63.9 Å². The van der Waals surface area contributed by atoms with Crippen molar-refractivity contribution in [1.29, 1.82) is 0 Å². The van der Waals surface area contributed by atoms with Crippen molar-refractivity contribution in [2.75, 3.05) is 26.7 Å². The Hall–Kier alpha value is -2.16. The number of hydrogen-bond donors (Lipinski definition) is 0. The van der Waals surface area contributed by atoms with E-state index in [1.165, 1.54) is 7.11 Å². The number of likely N-dealkylation sites (tertiary alicyclic amines) is 1. The Balaban J connectivity index is 1.22. The highest BCUT2D eigenvalue weighted by Gasteiger charge is 2.52. The molecule has 37 heavy (non-hydrogen) atoms. The van der Waals surface area contributed by atoms with Crippen molar-refractivity contribution in [2.24, 2.45) is 29.1 Å². The second-order valence-electron chi connectivity index (χ2n) is 11.9. The number of ether oxygens (including phenoxy) is 1. The van der Waals surface area contributed by atoms with Crippen LogP contribution < -0.4 is 0 Å². The standard InChI is InChI=1S/C28H38F3N3O3/c1-17(2)27(26(36)34-11-7-24-19(16-34)12-20(15-32-24)28(29,30)31)8-4-21(14-27)33-9-5-18(6-10-33)22-13-23(22)25(35)37-3/h12,15,17-18,21-23H,4-11,13-14,16H2,1-3H3/t21?,22?,23?,27-/m0/s1. The Morgan fingerprint density at radius 2 is 1.89 bits per heavy atom. The first-order valence-corrected chi connectivity index (χ1v) is 13.7. The van der Waals surface area contributed by atoms with Gasteiger partial charge in [-0.1, -0.05) is 13.8 Å². The van der Waals surface area contributed by atoms with E-state index in [1.54, 1.807) is 4.90 Å². The molecule has 0 N–H and O–H groups in total. The summed E-state index contributed by atoms with van der Waals surface area (Å²) in [6.45, 7) is 6.88. The van der Waals surface area contributed by atoms with Crippen molar-refractivity contribution in [3.8, 4) is 0 Å². The topological polar surface area (TPSA) is 62.7 Å². The quantitative estimate of drug-likeness (QED) is 0.526. The van der Waals surface area contributed by atoms with Crippen LogP contribution in [0.5, 0.6) is 0 Å². The molecule has 5 rings (SSSR count). The van der Waals surface area contributed by atoms with E-state index in [2.05, 4.69) is 23.7 Å². The molecular formula is C28H38F3N3O3. The van der Waals surface area contributed by atoms with Crippen LogP contribution in [0, 0.1) is 29.1 Å². The van der Waals surface area contributed by atoms with Gasteiger partial charge in [0.1, 0.15) is 0 Å². The van der Waals surface area contributed by atoms with Crippen LogP contribution >= 0.6 is 0 Å².